The summed E-state index contributed by atoms with van der Waals surface area (Å²) in [5.41, 5.74) is 1.79. The van der Waals surface area contributed by atoms with Crippen LogP contribution in [0, 0.1) is 5.92 Å². The van der Waals surface area contributed by atoms with Crippen molar-refractivity contribution in [1.82, 2.24) is 19.4 Å². The van der Waals surface area contributed by atoms with Crippen LogP contribution in [0.15, 0.2) is 30.9 Å². The highest BCUT2D eigenvalue weighted by Crippen LogP contribution is 2.20. The van der Waals surface area contributed by atoms with Crippen LogP contribution >= 0.6 is 0 Å². The van der Waals surface area contributed by atoms with E-state index in [4.69, 9.17) is 0 Å². The van der Waals surface area contributed by atoms with E-state index >= 15 is 0 Å². The molecule has 0 radical (unpaired) electrons. The monoisotopic (exact) mass is 298 g/mol. The Kier molecular flexibility index (Phi) is 4.22. The van der Waals surface area contributed by atoms with Gasteiger partial charge >= 0.3 is 0 Å². The van der Waals surface area contributed by atoms with Crippen molar-refractivity contribution in [3.63, 3.8) is 0 Å². The molecule has 5 nitrogen and oxygen atoms in total. The lowest BCUT2D eigenvalue weighted by Crippen LogP contribution is -2.35. The number of nitrogens with zero attached hydrogens (tertiary/aromatic N) is 4. The van der Waals surface area contributed by atoms with Gasteiger partial charge in [0.2, 0.25) is 0 Å². The zero-order valence-corrected chi connectivity index (χ0v) is 13.2. The Morgan fingerprint density at radius 3 is 3.14 bits per heavy atom. The fraction of sp³-hybridized carbons (Fsp3) is 0.471. The van der Waals surface area contributed by atoms with Crippen LogP contribution in [0.2, 0.25) is 0 Å². The van der Waals surface area contributed by atoms with Crippen molar-refractivity contribution in [2.24, 2.45) is 5.92 Å². The third-order valence-electron chi connectivity index (χ3n) is 4.43. The van der Waals surface area contributed by atoms with Gasteiger partial charge in [-0.15, -0.1) is 0 Å². The maximum Gasteiger partial charge on any atom is 0.253 e. The first-order valence-electron chi connectivity index (χ1n) is 7.87. The van der Waals surface area contributed by atoms with E-state index in [-0.39, 0.29) is 5.91 Å². The standard InChI is InChI=1S/C17H22N4O/c1-3-14-10-18-7-6-15(14)17(22)20(2)11-13-4-5-16-19-8-9-21(16)12-13/h6-10,13H,3-5,11-12H2,1-2H3/t13-/m0/s1. The first-order valence-corrected chi connectivity index (χ1v) is 7.87. The zero-order chi connectivity index (χ0) is 15.5. The minimum atomic E-state index is 0.0932. The third-order valence-corrected chi connectivity index (χ3v) is 4.43. The summed E-state index contributed by atoms with van der Waals surface area (Å²) in [6.07, 6.45) is 10.3. The Hall–Kier alpha value is -2.17. The van der Waals surface area contributed by atoms with Gasteiger partial charge in [-0.3, -0.25) is 9.78 Å². The summed E-state index contributed by atoms with van der Waals surface area (Å²) in [7, 11) is 1.89. The summed E-state index contributed by atoms with van der Waals surface area (Å²) in [4.78, 5) is 23.0. The van der Waals surface area contributed by atoms with Gasteiger partial charge in [-0.25, -0.2) is 4.98 Å². The van der Waals surface area contributed by atoms with Crippen LogP contribution in [-0.2, 0) is 19.4 Å². The number of hydrogen-bond acceptors (Lipinski definition) is 3. The molecule has 1 atom stereocenters. The predicted molar refractivity (Wildman–Crippen MR) is 84.6 cm³/mol. The van der Waals surface area contributed by atoms with Crippen molar-refractivity contribution in [2.45, 2.75) is 32.7 Å². The van der Waals surface area contributed by atoms with Gasteiger partial charge < -0.3 is 9.47 Å². The van der Waals surface area contributed by atoms with Crippen LogP contribution in [0.5, 0.6) is 0 Å². The van der Waals surface area contributed by atoms with Crippen LogP contribution in [0.3, 0.4) is 0 Å². The van der Waals surface area contributed by atoms with Crippen molar-refractivity contribution >= 4 is 5.91 Å². The van der Waals surface area contributed by atoms with Gasteiger partial charge in [-0.2, -0.15) is 0 Å². The smallest absolute Gasteiger partial charge is 0.253 e. The summed E-state index contributed by atoms with van der Waals surface area (Å²) in [6.45, 7) is 3.78. The lowest BCUT2D eigenvalue weighted by molar-refractivity contribution is 0.0759. The van der Waals surface area contributed by atoms with E-state index in [0.29, 0.717) is 5.92 Å². The average Bonchev–Trinajstić information content (AvgIpc) is 3.01. The molecule has 116 valence electrons. The lowest BCUT2D eigenvalue weighted by Gasteiger charge is -2.28. The van der Waals surface area contributed by atoms with Crippen LogP contribution in [-0.4, -0.2) is 38.9 Å². The summed E-state index contributed by atoms with van der Waals surface area (Å²) in [5.74, 6) is 1.74. The normalized spacial score (nSPS) is 17.1. The second-order valence-corrected chi connectivity index (χ2v) is 5.97. The Labute approximate surface area is 131 Å². The van der Waals surface area contributed by atoms with Gasteiger partial charge in [0.15, 0.2) is 0 Å². The van der Waals surface area contributed by atoms with Crippen LogP contribution in [0.4, 0.5) is 0 Å². The van der Waals surface area contributed by atoms with E-state index < -0.39 is 0 Å². The summed E-state index contributed by atoms with van der Waals surface area (Å²) in [5, 5.41) is 0. The number of hydrogen-bond donors (Lipinski definition) is 0. The van der Waals surface area contributed by atoms with E-state index in [1.165, 1.54) is 0 Å². The summed E-state index contributed by atoms with van der Waals surface area (Å²) in [6, 6.07) is 1.83. The van der Waals surface area contributed by atoms with Crippen molar-refractivity contribution < 1.29 is 4.79 Å². The first kappa shape index (κ1) is 14.8. The number of imidazole rings is 1. The Morgan fingerprint density at radius 1 is 1.45 bits per heavy atom. The summed E-state index contributed by atoms with van der Waals surface area (Å²) < 4.78 is 2.20. The molecule has 0 spiro atoms. The molecule has 1 aliphatic heterocycles. The van der Waals surface area contributed by atoms with Crippen molar-refractivity contribution in [1.29, 1.82) is 0 Å². The molecule has 0 fully saturated rings. The molecule has 2 aromatic heterocycles. The van der Waals surface area contributed by atoms with Gasteiger partial charge in [-0.1, -0.05) is 6.92 Å². The molecule has 0 aromatic carbocycles. The second kappa shape index (κ2) is 6.30. The maximum absolute atomic E-state index is 12.7. The van der Waals surface area contributed by atoms with Gasteiger partial charge in [-0.05, 0) is 30.4 Å². The molecule has 3 rings (SSSR count). The number of aromatic nitrogens is 3. The van der Waals surface area contributed by atoms with Crippen molar-refractivity contribution in [2.75, 3.05) is 13.6 Å². The Bertz CT molecular complexity index is 664. The minimum absolute atomic E-state index is 0.0932. The van der Waals surface area contributed by atoms with Crippen molar-refractivity contribution in [3.05, 3.63) is 47.8 Å². The molecule has 0 saturated carbocycles. The molecule has 0 N–H and O–H groups in total. The molecule has 2 aromatic rings. The fourth-order valence-corrected chi connectivity index (χ4v) is 3.18. The maximum atomic E-state index is 12.7. The Balaban J connectivity index is 1.67. The van der Waals surface area contributed by atoms with E-state index in [1.807, 2.05) is 30.4 Å². The van der Waals surface area contributed by atoms with Gasteiger partial charge in [0.1, 0.15) is 5.82 Å². The highest BCUT2D eigenvalue weighted by molar-refractivity contribution is 5.95. The zero-order valence-electron chi connectivity index (χ0n) is 13.2. The fourth-order valence-electron chi connectivity index (χ4n) is 3.18. The van der Waals surface area contributed by atoms with Crippen LogP contribution < -0.4 is 0 Å². The van der Waals surface area contributed by atoms with Gasteiger partial charge in [0.25, 0.3) is 5.91 Å². The average molecular weight is 298 g/mol. The molecule has 3 heterocycles. The number of rotatable bonds is 4. The molecule has 22 heavy (non-hydrogen) atoms. The molecular formula is C17H22N4O. The highest BCUT2D eigenvalue weighted by Gasteiger charge is 2.23. The molecule has 0 unspecified atom stereocenters. The quantitative estimate of drug-likeness (QED) is 0.869. The number of fused-ring (bicyclic) bond motifs is 1. The number of pyridine rings is 1. The second-order valence-electron chi connectivity index (χ2n) is 5.97. The van der Waals surface area contributed by atoms with Crippen molar-refractivity contribution in [3.8, 4) is 0 Å². The number of aryl methyl sites for hydroxylation is 2. The SMILES string of the molecule is CCc1cnccc1C(=O)N(C)C[C@@H]1CCc2nccn2C1. The molecule has 1 amide bonds. The molecule has 1 aliphatic rings. The van der Waals surface area contributed by atoms with E-state index in [1.54, 1.807) is 12.4 Å². The predicted octanol–water partition coefficient (Wildman–Crippen LogP) is 2.18. The van der Waals surface area contributed by atoms with Crippen LogP contribution in [0.25, 0.3) is 0 Å². The summed E-state index contributed by atoms with van der Waals surface area (Å²) >= 11 is 0. The van der Waals surface area contributed by atoms with E-state index in [0.717, 1.165) is 49.3 Å². The van der Waals surface area contributed by atoms with Crippen LogP contribution in [0.1, 0.15) is 35.1 Å². The lowest BCUT2D eigenvalue weighted by atomic mass is 9.98. The number of carbonyl (C=O) groups excluding carboxylic acids is 1. The first-order chi connectivity index (χ1) is 10.7. The highest BCUT2D eigenvalue weighted by atomic mass is 16.2. The number of amides is 1. The topological polar surface area (TPSA) is 51.0 Å². The third kappa shape index (κ3) is 2.89. The minimum Gasteiger partial charge on any atom is -0.341 e. The molecule has 0 bridgehead atoms. The van der Waals surface area contributed by atoms with E-state index in [2.05, 4.69) is 21.5 Å². The largest absolute Gasteiger partial charge is 0.341 e. The van der Waals surface area contributed by atoms with Gasteiger partial charge in [0, 0.05) is 56.9 Å². The molecular weight excluding hydrogens is 276 g/mol. The molecule has 5 heteroatoms. The van der Waals surface area contributed by atoms with E-state index in [9.17, 15) is 4.79 Å². The molecule has 0 saturated heterocycles. The van der Waals surface area contributed by atoms with Gasteiger partial charge in [0.05, 0.1) is 0 Å². The Morgan fingerprint density at radius 2 is 2.32 bits per heavy atom. The molecule has 0 aliphatic carbocycles. The number of carbonyl (C=O) groups is 1.